The topological polar surface area (TPSA) is 86.1 Å². The van der Waals surface area contributed by atoms with E-state index in [1.54, 1.807) is 18.2 Å². The number of halogens is 1. The number of para-hydroxylation sites is 1. The average molecular weight is 469 g/mol. The summed E-state index contributed by atoms with van der Waals surface area (Å²) in [5.74, 6) is 1.63. The largest absolute Gasteiger partial charge is 0.484 e. The summed E-state index contributed by atoms with van der Waals surface area (Å²) < 4.78 is 7.93. The van der Waals surface area contributed by atoms with Crippen molar-refractivity contribution < 1.29 is 14.3 Å². The quantitative estimate of drug-likeness (QED) is 0.380. The lowest BCUT2D eigenvalue weighted by Crippen LogP contribution is -2.19. The third kappa shape index (κ3) is 4.52. The Labute approximate surface area is 194 Å². The normalized spacial score (nSPS) is 15.2. The van der Waals surface area contributed by atoms with E-state index < -0.39 is 0 Å². The van der Waals surface area contributed by atoms with Gasteiger partial charge in [-0.3, -0.25) is 14.2 Å². The van der Waals surface area contributed by atoms with Crippen LogP contribution in [0.5, 0.6) is 5.75 Å². The molecule has 1 aliphatic heterocycles. The molecule has 0 radical (unpaired) electrons. The van der Waals surface area contributed by atoms with Gasteiger partial charge in [0.25, 0.3) is 0 Å². The number of ether oxygens (including phenoxy) is 1. The number of benzene rings is 2. The number of nitrogens with zero attached hydrogens (tertiary/aromatic N) is 3. The van der Waals surface area contributed by atoms with Crippen LogP contribution in [0.1, 0.15) is 47.1 Å². The highest BCUT2D eigenvalue weighted by molar-refractivity contribution is 7.99. The van der Waals surface area contributed by atoms with Crippen molar-refractivity contribution in [2.24, 2.45) is 0 Å². The second kappa shape index (κ2) is 8.96. The van der Waals surface area contributed by atoms with Gasteiger partial charge in [0.15, 0.2) is 16.8 Å². The maximum atomic E-state index is 12.8. The van der Waals surface area contributed by atoms with E-state index in [2.05, 4.69) is 20.1 Å². The molecule has 32 heavy (non-hydrogen) atoms. The number of rotatable bonds is 8. The number of aryl methyl sites for hydroxylation is 1. The molecule has 1 aliphatic carbocycles. The van der Waals surface area contributed by atoms with Crippen molar-refractivity contribution in [3.8, 4) is 5.75 Å². The number of nitrogens with one attached hydrogen (secondary N) is 1. The highest BCUT2D eigenvalue weighted by Gasteiger charge is 2.30. The zero-order valence-corrected chi connectivity index (χ0v) is 18.8. The number of Topliss-reactive ketones (excluding diaryl/α,β-unsaturated/α-hetero) is 1. The molecule has 1 aromatic heterocycles. The molecule has 1 N–H and O–H groups in total. The Hall–Kier alpha value is -2.84. The third-order valence-corrected chi connectivity index (χ3v) is 6.75. The molecule has 0 spiro atoms. The standard InChI is InChI=1S/C23H21ClN4O3S/c24-17-3-1-2-4-20(17)31-12-21-26-27-23(28(21)16-7-8-16)32-13-19(29)15-5-9-18-14(11-15)6-10-22(30)25-18/h1-5,9,11,16H,6-8,10,12-13H2,(H,25,30). The molecule has 0 saturated heterocycles. The molecule has 164 valence electrons. The smallest absolute Gasteiger partial charge is 0.224 e. The van der Waals surface area contributed by atoms with E-state index in [1.807, 2.05) is 24.3 Å². The van der Waals surface area contributed by atoms with Crippen LogP contribution in [0, 0.1) is 0 Å². The number of thioether (sulfide) groups is 1. The molecular formula is C23H21ClN4O3S. The number of ketones is 1. The lowest BCUT2D eigenvalue weighted by atomic mass is 9.99. The Morgan fingerprint density at radius 1 is 1.19 bits per heavy atom. The summed E-state index contributed by atoms with van der Waals surface area (Å²) in [5.41, 5.74) is 2.44. The molecule has 1 fully saturated rings. The zero-order chi connectivity index (χ0) is 22.1. The van der Waals surface area contributed by atoms with Gasteiger partial charge in [-0.25, -0.2) is 0 Å². The van der Waals surface area contributed by atoms with Crippen LogP contribution in [0.25, 0.3) is 0 Å². The van der Waals surface area contributed by atoms with Crippen LogP contribution in [-0.4, -0.2) is 32.2 Å². The highest BCUT2D eigenvalue weighted by Crippen LogP contribution is 2.39. The van der Waals surface area contributed by atoms with E-state index in [0.29, 0.717) is 35.2 Å². The van der Waals surface area contributed by atoms with Crippen molar-refractivity contribution in [3.63, 3.8) is 0 Å². The van der Waals surface area contributed by atoms with Gasteiger partial charge in [0.05, 0.1) is 10.8 Å². The van der Waals surface area contributed by atoms with Gasteiger partial charge >= 0.3 is 0 Å². The van der Waals surface area contributed by atoms with Gasteiger partial charge in [-0.2, -0.15) is 0 Å². The predicted molar refractivity (Wildman–Crippen MR) is 123 cm³/mol. The summed E-state index contributed by atoms with van der Waals surface area (Å²) in [6, 6.07) is 13.1. The molecule has 3 aromatic rings. The van der Waals surface area contributed by atoms with Crippen molar-refractivity contribution in [1.29, 1.82) is 0 Å². The van der Waals surface area contributed by atoms with Gasteiger partial charge in [-0.1, -0.05) is 35.5 Å². The molecule has 1 amide bonds. The van der Waals surface area contributed by atoms with E-state index in [-0.39, 0.29) is 24.1 Å². The van der Waals surface area contributed by atoms with Gasteiger partial charge in [-0.15, -0.1) is 10.2 Å². The van der Waals surface area contributed by atoms with Crippen molar-refractivity contribution in [1.82, 2.24) is 14.8 Å². The number of aromatic nitrogens is 3. The van der Waals surface area contributed by atoms with Crippen LogP contribution >= 0.6 is 23.4 Å². The fraction of sp³-hybridized carbons (Fsp3) is 0.304. The number of carbonyl (C=O) groups excluding carboxylic acids is 2. The summed E-state index contributed by atoms with van der Waals surface area (Å²) >= 11 is 7.56. The first-order valence-corrected chi connectivity index (χ1v) is 11.8. The van der Waals surface area contributed by atoms with Crippen LogP contribution in [0.4, 0.5) is 5.69 Å². The molecule has 0 unspecified atom stereocenters. The lowest BCUT2D eigenvalue weighted by Gasteiger charge is -2.17. The summed E-state index contributed by atoms with van der Waals surface area (Å²) in [6.45, 7) is 0.262. The fourth-order valence-corrected chi connectivity index (χ4v) is 4.79. The Morgan fingerprint density at radius 3 is 2.84 bits per heavy atom. The summed E-state index contributed by atoms with van der Waals surface area (Å²) in [7, 11) is 0. The van der Waals surface area contributed by atoms with E-state index in [1.165, 1.54) is 11.8 Å². The number of hydrogen-bond donors (Lipinski definition) is 1. The van der Waals surface area contributed by atoms with Gasteiger partial charge in [0.1, 0.15) is 12.4 Å². The Balaban J connectivity index is 1.26. The van der Waals surface area contributed by atoms with Crippen molar-refractivity contribution >= 4 is 40.7 Å². The fourth-order valence-electron chi connectivity index (χ4n) is 3.68. The van der Waals surface area contributed by atoms with E-state index in [9.17, 15) is 9.59 Å². The first-order valence-electron chi connectivity index (χ1n) is 10.5. The van der Waals surface area contributed by atoms with Crippen LogP contribution < -0.4 is 10.1 Å². The van der Waals surface area contributed by atoms with Crippen molar-refractivity contribution in [2.75, 3.05) is 11.1 Å². The number of carbonyl (C=O) groups is 2. The minimum absolute atomic E-state index is 0.0147. The van der Waals surface area contributed by atoms with Gasteiger partial charge in [0, 0.05) is 23.7 Å². The Kier molecular flexibility index (Phi) is 5.89. The van der Waals surface area contributed by atoms with Gasteiger partial charge in [-0.05, 0) is 55.2 Å². The maximum absolute atomic E-state index is 12.8. The van der Waals surface area contributed by atoms with Crippen LogP contribution in [-0.2, 0) is 17.8 Å². The second-order valence-corrected chi connectivity index (χ2v) is 9.20. The van der Waals surface area contributed by atoms with E-state index >= 15 is 0 Å². The molecule has 2 heterocycles. The Bertz CT molecular complexity index is 1190. The predicted octanol–water partition coefficient (Wildman–Crippen LogP) is 4.71. The molecule has 2 aliphatic rings. The lowest BCUT2D eigenvalue weighted by molar-refractivity contribution is -0.116. The number of anilines is 1. The SMILES string of the molecule is O=C1CCc2cc(C(=O)CSc3nnc(COc4ccccc4Cl)n3C3CC3)ccc2N1. The molecule has 0 atom stereocenters. The summed E-state index contributed by atoms with van der Waals surface area (Å²) in [4.78, 5) is 24.3. The Morgan fingerprint density at radius 2 is 2.03 bits per heavy atom. The minimum atomic E-state index is 0.0147. The molecule has 1 saturated carbocycles. The molecular weight excluding hydrogens is 448 g/mol. The second-order valence-electron chi connectivity index (χ2n) is 7.85. The molecule has 0 bridgehead atoms. The van der Waals surface area contributed by atoms with Gasteiger partial charge < -0.3 is 10.1 Å². The first-order chi connectivity index (χ1) is 15.6. The molecule has 7 nitrogen and oxygen atoms in total. The molecule has 2 aromatic carbocycles. The van der Waals surface area contributed by atoms with E-state index in [4.69, 9.17) is 16.3 Å². The first kappa shape index (κ1) is 21.0. The minimum Gasteiger partial charge on any atom is -0.484 e. The van der Waals surface area contributed by atoms with Crippen LogP contribution in [0.2, 0.25) is 5.02 Å². The maximum Gasteiger partial charge on any atom is 0.224 e. The van der Waals surface area contributed by atoms with Crippen LogP contribution in [0.3, 0.4) is 0 Å². The number of fused-ring (bicyclic) bond motifs is 1. The molecule has 9 heteroatoms. The zero-order valence-electron chi connectivity index (χ0n) is 17.2. The monoisotopic (exact) mass is 468 g/mol. The number of hydrogen-bond acceptors (Lipinski definition) is 6. The van der Waals surface area contributed by atoms with E-state index in [0.717, 1.165) is 35.1 Å². The highest BCUT2D eigenvalue weighted by atomic mass is 35.5. The number of amides is 1. The summed E-state index contributed by atoms with van der Waals surface area (Å²) in [6.07, 6.45) is 3.23. The average Bonchev–Trinajstić information content (AvgIpc) is 3.56. The van der Waals surface area contributed by atoms with Crippen molar-refractivity contribution in [3.05, 3.63) is 64.4 Å². The third-order valence-electron chi connectivity index (χ3n) is 5.50. The molecule has 5 rings (SSSR count). The summed E-state index contributed by atoms with van der Waals surface area (Å²) in [5, 5.41) is 12.7. The van der Waals surface area contributed by atoms with Gasteiger partial charge in [0.2, 0.25) is 5.91 Å². The van der Waals surface area contributed by atoms with Crippen molar-refractivity contribution in [2.45, 2.75) is 43.5 Å². The van der Waals surface area contributed by atoms with Crippen LogP contribution in [0.15, 0.2) is 47.6 Å².